The third-order valence-electron chi connectivity index (χ3n) is 5.61. The van der Waals surface area contributed by atoms with Crippen molar-refractivity contribution >= 4 is 27.3 Å². The Kier molecular flexibility index (Phi) is 5.99. The molecule has 1 fully saturated rings. The van der Waals surface area contributed by atoms with Crippen LogP contribution < -0.4 is 18.9 Å². The highest BCUT2D eigenvalue weighted by atomic mass is 35.5. The van der Waals surface area contributed by atoms with Crippen molar-refractivity contribution in [1.29, 1.82) is 0 Å². The summed E-state index contributed by atoms with van der Waals surface area (Å²) in [5.41, 5.74) is 1.04. The van der Waals surface area contributed by atoms with Crippen molar-refractivity contribution in [3.05, 3.63) is 40.9 Å². The number of fused-ring (bicyclic) bond motifs is 1. The predicted molar refractivity (Wildman–Crippen MR) is 116 cm³/mol. The van der Waals surface area contributed by atoms with Gasteiger partial charge in [0, 0.05) is 16.6 Å². The normalized spacial score (nSPS) is 19.1. The molecule has 4 rings (SSSR count). The molecule has 2 aromatic carbocycles. The van der Waals surface area contributed by atoms with E-state index in [1.165, 1.54) is 32.1 Å². The Morgan fingerprint density at radius 2 is 1.80 bits per heavy atom. The Balaban J connectivity index is 1.70. The second kappa shape index (κ2) is 8.53. The second-order valence-electron chi connectivity index (χ2n) is 7.44. The number of sulfonamides is 1. The highest BCUT2D eigenvalue weighted by Gasteiger charge is 2.33. The van der Waals surface area contributed by atoms with E-state index in [0.717, 1.165) is 18.7 Å². The van der Waals surface area contributed by atoms with Crippen LogP contribution in [0.3, 0.4) is 0 Å². The summed E-state index contributed by atoms with van der Waals surface area (Å²) in [6.07, 6.45) is 3.04. The molecule has 2 heterocycles. The van der Waals surface area contributed by atoms with Gasteiger partial charge in [-0.2, -0.15) is 0 Å². The van der Waals surface area contributed by atoms with E-state index in [4.69, 9.17) is 25.8 Å². The van der Waals surface area contributed by atoms with Crippen LogP contribution in [-0.2, 0) is 16.4 Å². The van der Waals surface area contributed by atoms with Crippen LogP contribution in [0.1, 0.15) is 18.4 Å². The lowest BCUT2D eigenvalue weighted by atomic mass is 10.0. The van der Waals surface area contributed by atoms with Crippen LogP contribution in [0, 0.1) is 0 Å². The lowest BCUT2D eigenvalue weighted by Gasteiger charge is -2.33. The number of rotatable bonds is 6. The molecule has 1 unspecified atom stereocenters. The van der Waals surface area contributed by atoms with Crippen LogP contribution in [0.2, 0.25) is 5.02 Å². The second-order valence-corrected chi connectivity index (χ2v) is 9.52. The van der Waals surface area contributed by atoms with Crippen LogP contribution in [0.15, 0.2) is 35.2 Å². The minimum absolute atomic E-state index is 0.0696. The van der Waals surface area contributed by atoms with Gasteiger partial charge in [0.05, 0.1) is 19.9 Å². The van der Waals surface area contributed by atoms with E-state index >= 15 is 0 Å². The number of halogens is 1. The van der Waals surface area contributed by atoms with Gasteiger partial charge in [-0.25, -0.2) is 8.42 Å². The molecule has 7 nitrogen and oxygen atoms in total. The van der Waals surface area contributed by atoms with Gasteiger partial charge < -0.3 is 14.2 Å². The SMILES string of the molecule is COc1ccc(Cl)cc1NS(=O)(=O)c1ccc(OC)c2c1OCC(N1CCCC1)C2. The maximum Gasteiger partial charge on any atom is 0.265 e. The number of hydrogen-bond acceptors (Lipinski definition) is 6. The molecule has 1 atom stereocenters. The zero-order chi connectivity index (χ0) is 21.3. The van der Waals surface area contributed by atoms with Crippen LogP contribution in [0.4, 0.5) is 5.69 Å². The van der Waals surface area contributed by atoms with Gasteiger partial charge in [0.2, 0.25) is 0 Å². The molecule has 0 saturated carbocycles. The molecule has 2 aliphatic rings. The molecule has 0 spiro atoms. The van der Waals surface area contributed by atoms with E-state index in [1.54, 1.807) is 25.3 Å². The summed E-state index contributed by atoms with van der Waals surface area (Å²) in [5, 5.41) is 0.398. The van der Waals surface area contributed by atoms with Gasteiger partial charge in [-0.1, -0.05) is 11.6 Å². The van der Waals surface area contributed by atoms with E-state index in [-0.39, 0.29) is 16.6 Å². The first kappa shape index (κ1) is 21.1. The van der Waals surface area contributed by atoms with Crippen molar-refractivity contribution in [2.75, 3.05) is 38.6 Å². The van der Waals surface area contributed by atoms with Crippen molar-refractivity contribution in [1.82, 2.24) is 4.90 Å². The number of anilines is 1. The zero-order valence-electron chi connectivity index (χ0n) is 17.0. The van der Waals surface area contributed by atoms with E-state index in [2.05, 4.69) is 9.62 Å². The molecule has 0 aromatic heterocycles. The number of methoxy groups -OCH3 is 2. The fourth-order valence-electron chi connectivity index (χ4n) is 4.12. The van der Waals surface area contributed by atoms with Crippen LogP contribution in [-0.4, -0.2) is 53.3 Å². The van der Waals surface area contributed by atoms with Gasteiger partial charge in [0.1, 0.15) is 28.8 Å². The van der Waals surface area contributed by atoms with Crippen LogP contribution in [0.5, 0.6) is 17.2 Å². The van der Waals surface area contributed by atoms with Crippen molar-refractivity contribution < 1.29 is 22.6 Å². The van der Waals surface area contributed by atoms with Crippen LogP contribution >= 0.6 is 11.6 Å². The molecule has 30 heavy (non-hydrogen) atoms. The summed E-state index contributed by atoms with van der Waals surface area (Å²) in [7, 11) is -0.897. The fraction of sp³-hybridized carbons (Fsp3) is 0.429. The maximum atomic E-state index is 13.2. The average Bonchev–Trinajstić information content (AvgIpc) is 3.27. The monoisotopic (exact) mass is 452 g/mol. The number of nitrogens with zero attached hydrogens (tertiary/aromatic N) is 1. The molecule has 0 bridgehead atoms. The van der Waals surface area contributed by atoms with Gasteiger partial charge in [0.25, 0.3) is 10.0 Å². The molecule has 2 aliphatic heterocycles. The van der Waals surface area contributed by atoms with E-state index < -0.39 is 10.0 Å². The van der Waals surface area contributed by atoms with Gasteiger partial charge in [-0.15, -0.1) is 0 Å². The summed E-state index contributed by atoms with van der Waals surface area (Å²) >= 11 is 6.05. The molecule has 0 amide bonds. The van der Waals surface area contributed by atoms with Crippen molar-refractivity contribution in [2.24, 2.45) is 0 Å². The van der Waals surface area contributed by atoms with E-state index in [1.807, 2.05) is 0 Å². The first-order valence-electron chi connectivity index (χ1n) is 9.86. The summed E-state index contributed by atoms with van der Waals surface area (Å²) < 4.78 is 45.9. The highest BCUT2D eigenvalue weighted by molar-refractivity contribution is 7.92. The third-order valence-corrected chi connectivity index (χ3v) is 7.24. The first-order chi connectivity index (χ1) is 14.4. The maximum absolute atomic E-state index is 13.2. The number of likely N-dealkylation sites (tertiary alicyclic amines) is 1. The Morgan fingerprint density at radius 3 is 2.50 bits per heavy atom. The standard InChI is InChI=1S/C21H25ClN2O5S/c1-27-18-7-8-20(21-16(18)12-15(13-29-21)24-9-3-4-10-24)30(25,26)23-17-11-14(22)5-6-19(17)28-2/h5-8,11,15,23H,3-4,9-10,12-13H2,1-2H3. The average molecular weight is 453 g/mol. The summed E-state index contributed by atoms with van der Waals surface area (Å²) in [4.78, 5) is 2.47. The minimum Gasteiger partial charge on any atom is -0.496 e. The molecule has 1 N–H and O–H groups in total. The lowest BCUT2D eigenvalue weighted by Crippen LogP contribution is -2.41. The molecular formula is C21H25ClN2O5S. The minimum atomic E-state index is -3.95. The van der Waals surface area contributed by atoms with Crippen molar-refractivity contribution in [2.45, 2.75) is 30.2 Å². The van der Waals surface area contributed by atoms with Crippen molar-refractivity contribution in [3.8, 4) is 17.2 Å². The predicted octanol–water partition coefficient (Wildman–Crippen LogP) is 3.56. The van der Waals surface area contributed by atoms with Gasteiger partial charge in [-0.05, 0) is 62.7 Å². The van der Waals surface area contributed by atoms with Crippen LogP contribution in [0.25, 0.3) is 0 Å². The molecule has 2 aromatic rings. The molecule has 0 aliphatic carbocycles. The quantitative estimate of drug-likeness (QED) is 0.722. The fourth-order valence-corrected chi connectivity index (χ4v) is 5.52. The Morgan fingerprint density at radius 1 is 1.10 bits per heavy atom. The Hall–Kier alpha value is -2.16. The number of benzene rings is 2. The molecular weight excluding hydrogens is 428 g/mol. The Bertz CT molecular complexity index is 1040. The van der Waals surface area contributed by atoms with Gasteiger partial charge >= 0.3 is 0 Å². The highest BCUT2D eigenvalue weighted by Crippen LogP contribution is 2.41. The third kappa shape index (κ3) is 4.04. The summed E-state index contributed by atoms with van der Waals surface area (Å²) in [5.74, 6) is 1.35. The number of ether oxygens (including phenoxy) is 3. The molecule has 1 saturated heterocycles. The summed E-state index contributed by atoms with van der Waals surface area (Å²) in [6.45, 7) is 2.53. The smallest absolute Gasteiger partial charge is 0.265 e. The van der Waals surface area contributed by atoms with Gasteiger partial charge in [-0.3, -0.25) is 9.62 Å². The van der Waals surface area contributed by atoms with Gasteiger partial charge in [0.15, 0.2) is 0 Å². The topological polar surface area (TPSA) is 77.1 Å². The Labute approximate surface area is 181 Å². The largest absolute Gasteiger partial charge is 0.496 e. The zero-order valence-corrected chi connectivity index (χ0v) is 18.6. The lowest BCUT2D eigenvalue weighted by molar-refractivity contribution is 0.137. The molecule has 0 radical (unpaired) electrons. The molecule has 9 heteroatoms. The number of nitrogens with one attached hydrogen (secondary N) is 1. The van der Waals surface area contributed by atoms with E-state index in [0.29, 0.717) is 35.3 Å². The van der Waals surface area contributed by atoms with Crippen molar-refractivity contribution in [3.63, 3.8) is 0 Å². The summed E-state index contributed by atoms with van der Waals surface area (Å²) in [6, 6.07) is 8.16. The number of hydrogen-bond donors (Lipinski definition) is 1. The first-order valence-corrected chi connectivity index (χ1v) is 11.7. The van der Waals surface area contributed by atoms with E-state index in [9.17, 15) is 8.42 Å². The molecule has 162 valence electrons.